The second-order valence-corrected chi connectivity index (χ2v) is 5.28. The van der Waals surface area contributed by atoms with Crippen molar-refractivity contribution in [3.63, 3.8) is 0 Å². The number of benzene rings is 1. The SMILES string of the molecule is O=C1C[C@H]2Cc3c(ccc4c3COC4)[C@H]2C1. The van der Waals surface area contributed by atoms with Crippen molar-refractivity contribution in [1.29, 1.82) is 0 Å². The number of fused-ring (bicyclic) bond motifs is 5. The Labute approximate surface area is 94.6 Å². The molecule has 1 saturated carbocycles. The number of carbonyl (C=O) groups is 1. The molecule has 0 radical (unpaired) electrons. The van der Waals surface area contributed by atoms with Crippen LogP contribution in [0.3, 0.4) is 0 Å². The van der Waals surface area contributed by atoms with Gasteiger partial charge >= 0.3 is 0 Å². The van der Waals surface area contributed by atoms with E-state index < -0.39 is 0 Å². The molecule has 82 valence electrons. The number of rotatable bonds is 0. The van der Waals surface area contributed by atoms with E-state index in [1.807, 2.05) is 0 Å². The lowest BCUT2D eigenvalue weighted by molar-refractivity contribution is -0.117. The summed E-state index contributed by atoms with van der Waals surface area (Å²) in [5.41, 5.74) is 5.75. The zero-order valence-corrected chi connectivity index (χ0v) is 9.16. The first-order valence-corrected chi connectivity index (χ1v) is 6.06. The zero-order valence-electron chi connectivity index (χ0n) is 9.16. The molecular formula is C14H14O2. The lowest BCUT2D eigenvalue weighted by Gasteiger charge is -2.09. The van der Waals surface area contributed by atoms with Crippen LogP contribution in [0.25, 0.3) is 0 Å². The van der Waals surface area contributed by atoms with Gasteiger partial charge in [0.25, 0.3) is 0 Å². The Hall–Kier alpha value is -1.15. The van der Waals surface area contributed by atoms with Gasteiger partial charge in [-0.15, -0.1) is 0 Å². The van der Waals surface area contributed by atoms with Crippen LogP contribution in [0.5, 0.6) is 0 Å². The summed E-state index contributed by atoms with van der Waals surface area (Å²) in [4.78, 5) is 11.5. The smallest absolute Gasteiger partial charge is 0.133 e. The molecule has 2 nitrogen and oxygen atoms in total. The summed E-state index contributed by atoms with van der Waals surface area (Å²) in [5.74, 6) is 1.57. The van der Waals surface area contributed by atoms with Crippen molar-refractivity contribution < 1.29 is 9.53 Å². The fraction of sp³-hybridized carbons (Fsp3) is 0.500. The fourth-order valence-corrected chi connectivity index (χ4v) is 3.70. The zero-order chi connectivity index (χ0) is 10.7. The first-order chi connectivity index (χ1) is 7.83. The Bertz CT molecular complexity index is 490. The van der Waals surface area contributed by atoms with Crippen LogP contribution in [0.2, 0.25) is 0 Å². The third-order valence-electron chi connectivity index (χ3n) is 4.44. The van der Waals surface area contributed by atoms with Gasteiger partial charge < -0.3 is 4.74 Å². The van der Waals surface area contributed by atoms with Gasteiger partial charge in [0, 0.05) is 12.8 Å². The third-order valence-corrected chi connectivity index (χ3v) is 4.44. The molecule has 0 spiro atoms. The molecule has 2 heteroatoms. The highest BCUT2D eigenvalue weighted by Gasteiger charge is 2.41. The number of ketones is 1. The Kier molecular flexibility index (Phi) is 1.65. The summed E-state index contributed by atoms with van der Waals surface area (Å²) in [7, 11) is 0. The maximum Gasteiger partial charge on any atom is 0.133 e. The van der Waals surface area contributed by atoms with Crippen LogP contribution >= 0.6 is 0 Å². The fourth-order valence-electron chi connectivity index (χ4n) is 3.70. The Morgan fingerprint density at radius 3 is 2.94 bits per heavy atom. The third kappa shape index (κ3) is 1.03. The van der Waals surface area contributed by atoms with Crippen LogP contribution < -0.4 is 0 Å². The molecule has 4 rings (SSSR count). The van der Waals surface area contributed by atoms with E-state index in [2.05, 4.69) is 12.1 Å². The average Bonchev–Trinajstić information content (AvgIpc) is 2.88. The van der Waals surface area contributed by atoms with Crippen molar-refractivity contribution in [3.05, 3.63) is 34.4 Å². The van der Waals surface area contributed by atoms with Gasteiger partial charge in [0.05, 0.1) is 13.2 Å². The van der Waals surface area contributed by atoms with Crippen molar-refractivity contribution in [2.24, 2.45) is 5.92 Å². The molecule has 0 bridgehead atoms. The molecule has 3 aliphatic rings. The monoisotopic (exact) mass is 214 g/mol. The Morgan fingerprint density at radius 1 is 1.06 bits per heavy atom. The number of carbonyl (C=O) groups excluding carboxylic acids is 1. The number of ether oxygens (including phenoxy) is 1. The van der Waals surface area contributed by atoms with Gasteiger partial charge in [-0.3, -0.25) is 4.79 Å². The molecule has 2 atom stereocenters. The number of Topliss-reactive ketones (excluding diaryl/α,β-unsaturated/α-hetero) is 1. The summed E-state index contributed by atoms with van der Waals surface area (Å²) in [5, 5.41) is 0. The summed E-state index contributed by atoms with van der Waals surface area (Å²) in [6, 6.07) is 4.44. The van der Waals surface area contributed by atoms with Gasteiger partial charge in [0.1, 0.15) is 5.78 Å². The summed E-state index contributed by atoms with van der Waals surface area (Å²) in [6.45, 7) is 1.56. The lowest BCUT2D eigenvalue weighted by Crippen LogP contribution is -1.98. The summed E-state index contributed by atoms with van der Waals surface area (Å²) < 4.78 is 5.52. The molecule has 2 aliphatic carbocycles. The first-order valence-electron chi connectivity index (χ1n) is 6.06. The van der Waals surface area contributed by atoms with E-state index in [1.54, 1.807) is 0 Å². The van der Waals surface area contributed by atoms with Gasteiger partial charge in [0.15, 0.2) is 0 Å². The van der Waals surface area contributed by atoms with Crippen LogP contribution in [0.15, 0.2) is 12.1 Å². The average molecular weight is 214 g/mol. The van der Waals surface area contributed by atoms with E-state index in [1.165, 1.54) is 22.3 Å². The Morgan fingerprint density at radius 2 is 2.00 bits per heavy atom. The van der Waals surface area contributed by atoms with Crippen molar-refractivity contribution in [3.8, 4) is 0 Å². The van der Waals surface area contributed by atoms with Crippen LogP contribution in [-0.4, -0.2) is 5.78 Å². The van der Waals surface area contributed by atoms with Gasteiger partial charge in [0.2, 0.25) is 0 Å². The maximum absolute atomic E-state index is 11.5. The summed E-state index contributed by atoms with van der Waals surface area (Å²) >= 11 is 0. The van der Waals surface area contributed by atoms with Gasteiger partial charge in [-0.25, -0.2) is 0 Å². The van der Waals surface area contributed by atoms with E-state index in [-0.39, 0.29) is 0 Å². The molecule has 1 aliphatic heterocycles. The molecule has 1 fully saturated rings. The summed E-state index contributed by atoms with van der Waals surface area (Å²) in [6.07, 6.45) is 2.69. The van der Waals surface area contributed by atoms with Crippen molar-refractivity contribution in [2.75, 3.05) is 0 Å². The minimum absolute atomic E-state index is 0.456. The number of hydrogen-bond acceptors (Lipinski definition) is 2. The first kappa shape index (κ1) is 8.94. The van der Waals surface area contributed by atoms with E-state index in [4.69, 9.17) is 4.74 Å². The molecule has 0 unspecified atom stereocenters. The molecule has 1 aromatic rings. The molecule has 0 amide bonds. The quantitative estimate of drug-likeness (QED) is 0.662. The van der Waals surface area contributed by atoms with Gasteiger partial charge in [-0.2, -0.15) is 0 Å². The molecule has 16 heavy (non-hydrogen) atoms. The van der Waals surface area contributed by atoms with Crippen molar-refractivity contribution >= 4 is 5.78 Å². The largest absolute Gasteiger partial charge is 0.372 e. The van der Waals surface area contributed by atoms with E-state index in [0.717, 1.165) is 32.5 Å². The molecule has 1 aromatic carbocycles. The minimum Gasteiger partial charge on any atom is -0.372 e. The molecule has 0 aromatic heterocycles. The van der Waals surface area contributed by atoms with Crippen molar-refractivity contribution in [2.45, 2.75) is 38.4 Å². The van der Waals surface area contributed by atoms with Crippen LogP contribution in [0, 0.1) is 5.92 Å². The predicted octanol–water partition coefficient (Wildman–Crippen LogP) is 2.34. The highest BCUT2D eigenvalue weighted by atomic mass is 16.5. The number of hydrogen-bond donors (Lipinski definition) is 0. The normalized spacial score (nSPS) is 30.4. The topological polar surface area (TPSA) is 26.3 Å². The van der Waals surface area contributed by atoms with Crippen molar-refractivity contribution in [1.82, 2.24) is 0 Å². The standard InChI is InChI=1S/C14H14O2/c15-10-3-9-4-13-11(12(9)5-10)2-1-8-6-16-7-14(8)13/h1-2,9,12H,3-7H2/t9-,12-/m0/s1. The van der Waals surface area contributed by atoms with Gasteiger partial charge in [-0.1, -0.05) is 12.1 Å². The predicted molar refractivity (Wildman–Crippen MR) is 59.1 cm³/mol. The van der Waals surface area contributed by atoms with E-state index in [0.29, 0.717) is 17.6 Å². The Balaban J connectivity index is 1.86. The van der Waals surface area contributed by atoms with E-state index >= 15 is 0 Å². The lowest BCUT2D eigenvalue weighted by atomic mass is 9.94. The van der Waals surface area contributed by atoms with E-state index in [9.17, 15) is 4.79 Å². The molecular weight excluding hydrogens is 200 g/mol. The van der Waals surface area contributed by atoms with Crippen LogP contribution in [0.4, 0.5) is 0 Å². The molecule has 0 saturated heterocycles. The second kappa shape index (κ2) is 2.95. The highest BCUT2D eigenvalue weighted by molar-refractivity contribution is 5.83. The highest BCUT2D eigenvalue weighted by Crippen LogP contribution is 2.49. The minimum atomic E-state index is 0.456. The van der Waals surface area contributed by atoms with Crippen LogP contribution in [0.1, 0.15) is 41.0 Å². The van der Waals surface area contributed by atoms with Crippen LogP contribution in [-0.2, 0) is 29.2 Å². The molecule has 1 heterocycles. The van der Waals surface area contributed by atoms with Gasteiger partial charge in [-0.05, 0) is 40.5 Å². The molecule has 0 N–H and O–H groups in total. The maximum atomic E-state index is 11.5. The second-order valence-electron chi connectivity index (χ2n) is 5.28.